The number of ether oxygens (including phenoxy) is 1. The Hall–Kier alpha value is -0.880. The first-order valence-corrected chi connectivity index (χ1v) is 3.65. The molecule has 2 nitrogen and oxygen atoms in total. The molecule has 0 saturated heterocycles. The fraction of sp³-hybridized carbons (Fsp3) is 0.143. The first kappa shape index (κ1) is 7.23. The molecule has 0 heterocycles. The van der Waals surface area contributed by atoms with Gasteiger partial charge in [-0.3, -0.25) is 4.57 Å². The molecule has 1 aromatic carbocycles. The van der Waals surface area contributed by atoms with E-state index in [0.717, 1.165) is 11.1 Å². The van der Waals surface area contributed by atoms with E-state index in [1.54, 1.807) is 31.4 Å². The fourth-order valence-corrected chi connectivity index (χ4v) is 0.914. The summed E-state index contributed by atoms with van der Waals surface area (Å²) in [6.07, 6.45) is 0. The zero-order valence-corrected chi connectivity index (χ0v) is 6.47. The van der Waals surface area contributed by atoms with Crippen molar-refractivity contribution in [3.8, 4) is 5.75 Å². The van der Waals surface area contributed by atoms with Gasteiger partial charge in [0.15, 0.2) is 8.46 Å². The second kappa shape index (κ2) is 3.33. The van der Waals surface area contributed by atoms with Gasteiger partial charge in [-0.05, 0) is 24.3 Å². The number of hydrogen-bond acceptors (Lipinski definition) is 2. The van der Waals surface area contributed by atoms with Crippen molar-refractivity contribution in [1.82, 2.24) is 0 Å². The molecule has 0 spiro atoms. The highest BCUT2D eigenvalue weighted by Gasteiger charge is 1.90. The van der Waals surface area contributed by atoms with Crippen LogP contribution in [-0.2, 0) is 4.57 Å². The predicted octanol–water partition coefficient (Wildman–Crippen LogP) is 1.61. The molecule has 0 aliphatic heterocycles. The average molecular weight is 154 g/mol. The van der Waals surface area contributed by atoms with Gasteiger partial charge in [-0.25, -0.2) is 0 Å². The van der Waals surface area contributed by atoms with E-state index in [0.29, 0.717) is 0 Å². The average Bonchev–Trinajstić information content (AvgIpc) is 2.05. The Labute approximate surface area is 61.0 Å². The quantitative estimate of drug-likeness (QED) is 0.605. The lowest BCUT2D eigenvalue weighted by Crippen LogP contribution is -1.89. The number of methoxy groups -OCH3 is 1. The second-order valence-corrected chi connectivity index (χ2v) is 2.49. The Bertz CT molecular complexity index is 218. The van der Waals surface area contributed by atoms with Gasteiger partial charge in [0, 0.05) is 5.30 Å². The highest BCUT2D eigenvalue weighted by atomic mass is 31.1. The predicted molar refractivity (Wildman–Crippen MR) is 40.2 cm³/mol. The van der Waals surface area contributed by atoms with E-state index in [9.17, 15) is 4.57 Å². The maximum atomic E-state index is 10.3. The molecule has 0 aliphatic carbocycles. The summed E-state index contributed by atoms with van der Waals surface area (Å²) < 4.78 is 15.2. The van der Waals surface area contributed by atoms with Crippen molar-refractivity contribution in [2.24, 2.45) is 0 Å². The van der Waals surface area contributed by atoms with Crippen molar-refractivity contribution in [1.29, 1.82) is 0 Å². The molecule has 3 heteroatoms. The maximum absolute atomic E-state index is 10.3. The smallest absolute Gasteiger partial charge is 0.192 e. The van der Waals surface area contributed by atoms with E-state index in [4.69, 9.17) is 4.74 Å². The first-order valence-electron chi connectivity index (χ1n) is 2.84. The molecule has 0 aliphatic rings. The molecule has 0 unspecified atom stereocenters. The highest BCUT2D eigenvalue weighted by Crippen LogP contribution is 2.07. The Balaban J connectivity index is 2.90. The number of benzene rings is 1. The van der Waals surface area contributed by atoms with E-state index < -0.39 is 0 Å². The first-order chi connectivity index (χ1) is 4.86. The van der Waals surface area contributed by atoms with Crippen LogP contribution >= 0.6 is 8.46 Å². The Kier molecular flexibility index (Phi) is 2.41. The van der Waals surface area contributed by atoms with E-state index in [2.05, 4.69) is 0 Å². The molecule has 0 fully saturated rings. The summed E-state index contributed by atoms with van der Waals surface area (Å²) in [5, 5.41) is 0.765. The van der Waals surface area contributed by atoms with Crippen LogP contribution in [0.25, 0.3) is 0 Å². The van der Waals surface area contributed by atoms with Crippen LogP contribution in [0.2, 0.25) is 0 Å². The molecular formula is C7H7O2P. The summed E-state index contributed by atoms with van der Waals surface area (Å²) in [6, 6.07) is 7.07. The van der Waals surface area contributed by atoms with Crippen molar-refractivity contribution in [2.45, 2.75) is 0 Å². The zero-order chi connectivity index (χ0) is 7.40. The van der Waals surface area contributed by atoms with Crippen LogP contribution in [0.5, 0.6) is 5.75 Å². The van der Waals surface area contributed by atoms with Crippen molar-refractivity contribution in [3.63, 3.8) is 0 Å². The van der Waals surface area contributed by atoms with Crippen molar-refractivity contribution < 1.29 is 9.30 Å². The van der Waals surface area contributed by atoms with Crippen LogP contribution in [0.3, 0.4) is 0 Å². The minimum Gasteiger partial charge on any atom is -0.497 e. The maximum Gasteiger partial charge on any atom is 0.192 e. The van der Waals surface area contributed by atoms with Crippen LogP contribution in [0.4, 0.5) is 0 Å². The summed E-state index contributed by atoms with van der Waals surface area (Å²) in [5.74, 6) is 0.785. The molecule has 0 aromatic heterocycles. The van der Waals surface area contributed by atoms with E-state index in [1.165, 1.54) is 0 Å². The third kappa shape index (κ3) is 1.55. The Morgan fingerprint density at radius 3 is 2.30 bits per heavy atom. The SMILES string of the molecule is COc1ccc(P=O)cc1. The van der Waals surface area contributed by atoms with Crippen LogP contribution in [-0.4, -0.2) is 7.11 Å². The summed E-state index contributed by atoms with van der Waals surface area (Å²) in [7, 11) is 1.65. The molecule has 0 atom stereocenters. The Morgan fingerprint density at radius 2 is 1.90 bits per heavy atom. The standard InChI is InChI=1S/C7H7O2P/c1-9-6-2-4-7(10-8)5-3-6/h2-5H,1H3. The van der Waals surface area contributed by atoms with Gasteiger partial charge in [0.2, 0.25) is 0 Å². The molecule has 0 saturated carbocycles. The topological polar surface area (TPSA) is 26.3 Å². The lowest BCUT2D eigenvalue weighted by Gasteiger charge is -1.96. The van der Waals surface area contributed by atoms with Gasteiger partial charge in [0.05, 0.1) is 7.11 Å². The lowest BCUT2D eigenvalue weighted by molar-refractivity contribution is 0.415. The summed E-state index contributed by atoms with van der Waals surface area (Å²) >= 11 is 0. The zero-order valence-electron chi connectivity index (χ0n) is 5.57. The van der Waals surface area contributed by atoms with Crippen LogP contribution in [0.1, 0.15) is 0 Å². The number of hydrogen-bond donors (Lipinski definition) is 0. The van der Waals surface area contributed by atoms with Gasteiger partial charge in [-0.15, -0.1) is 0 Å². The monoisotopic (exact) mass is 154 g/mol. The van der Waals surface area contributed by atoms with Crippen LogP contribution in [0.15, 0.2) is 24.3 Å². The molecule has 1 aromatic rings. The van der Waals surface area contributed by atoms with E-state index in [-0.39, 0.29) is 8.46 Å². The molecule has 0 amide bonds. The lowest BCUT2D eigenvalue weighted by atomic mass is 10.3. The normalized spacial score (nSPS) is 9.70. The molecule has 1 rings (SSSR count). The minimum absolute atomic E-state index is 0.0523. The van der Waals surface area contributed by atoms with Crippen molar-refractivity contribution in [3.05, 3.63) is 24.3 Å². The summed E-state index contributed by atoms with van der Waals surface area (Å²) in [5.41, 5.74) is 0. The van der Waals surface area contributed by atoms with Gasteiger partial charge in [-0.2, -0.15) is 0 Å². The Morgan fingerprint density at radius 1 is 1.30 bits per heavy atom. The summed E-state index contributed by atoms with van der Waals surface area (Å²) in [4.78, 5) is 0. The van der Waals surface area contributed by atoms with Crippen LogP contribution < -0.4 is 10.0 Å². The third-order valence-electron chi connectivity index (χ3n) is 1.18. The van der Waals surface area contributed by atoms with Crippen molar-refractivity contribution >= 4 is 13.8 Å². The number of rotatable bonds is 2. The molecule has 52 valence electrons. The van der Waals surface area contributed by atoms with Crippen molar-refractivity contribution in [2.75, 3.05) is 7.11 Å². The van der Waals surface area contributed by atoms with Gasteiger partial charge in [0.1, 0.15) is 5.75 Å². The largest absolute Gasteiger partial charge is 0.497 e. The third-order valence-corrected chi connectivity index (χ3v) is 1.69. The molecule has 0 N–H and O–H groups in total. The van der Waals surface area contributed by atoms with E-state index in [1.807, 2.05) is 0 Å². The van der Waals surface area contributed by atoms with E-state index >= 15 is 0 Å². The summed E-state index contributed by atoms with van der Waals surface area (Å²) in [6.45, 7) is 0. The highest BCUT2D eigenvalue weighted by molar-refractivity contribution is 7.34. The van der Waals surface area contributed by atoms with Gasteiger partial charge < -0.3 is 4.74 Å². The fourth-order valence-electron chi connectivity index (χ4n) is 0.643. The van der Waals surface area contributed by atoms with Gasteiger partial charge >= 0.3 is 0 Å². The minimum atomic E-state index is 0.0523. The molecular weight excluding hydrogens is 147 g/mol. The van der Waals surface area contributed by atoms with Crippen LogP contribution in [0, 0.1) is 0 Å². The molecule has 10 heavy (non-hydrogen) atoms. The second-order valence-electron chi connectivity index (χ2n) is 1.79. The van der Waals surface area contributed by atoms with Gasteiger partial charge in [-0.1, -0.05) is 0 Å². The molecule has 0 radical (unpaired) electrons. The van der Waals surface area contributed by atoms with Gasteiger partial charge in [0.25, 0.3) is 0 Å². The molecule has 0 bridgehead atoms.